The summed E-state index contributed by atoms with van der Waals surface area (Å²) in [4.78, 5) is 6.99. The van der Waals surface area contributed by atoms with Crippen molar-refractivity contribution in [1.82, 2.24) is 4.98 Å². The van der Waals surface area contributed by atoms with Gasteiger partial charge in [-0.2, -0.15) is 0 Å². The Morgan fingerprint density at radius 2 is 2.18 bits per heavy atom. The topological polar surface area (TPSA) is 16.1 Å². The van der Waals surface area contributed by atoms with E-state index >= 15 is 0 Å². The van der Waals surface area contributed by atoms with E-state index in [4.69, 9.17) is 0 Å². The molecule has 1 aliphatic rings. The summed E-state index contributed by atoms with van der Waals surface area (Å²) in [5, 5.41) is 1.10. The summed E-state index contributed by atoms with van der Waals surface area (Å²) in [5.41, 5.74) is 1.49. The quantitative estimate of drug-likeness (QED) is 0.775. The normalized spacial score (nSPS) is 20.9. The summed E-state index contributed by atoms with van der Waals surface area (Å²) >= 11 is 3.57. The number of hydrogen-bond donors (Lipinski definition) is 0. The summed E-state index contributed by atoms with van der Waals surface area (Å²) in [6.45, 7) is 8.94. The molecule has 0 bridgehead atoms. The zero-order chi connectivity index (χ0) is 12.5. The lowest BCUT2D eigenvalue weighted by atomic mass is 9.88. The average molecular weight is 297 g/mol. The third kappa shape index (κ3) is 3.01. The van der Waals surface area contributed by atoms with Gasteiger partial charge in [0.15, 0.2) is 0 Å². The Bertz CT molecular complexity index is 367. The number of anilines is 1. The van der Waals surface area contributed by atoms with E-state index in [1.165, 1.54) is 12.0 Å². The fourth-order valence-electron chi connectivity index (χ4n) is 2.18. The molecule has 17 heavy (non-hydrogen) atoms. The maximum Gasteiger partial charge on any atom is 0.128 e. The Kier molecular flexibility index (Phi) is 3.76. The predicted molar refractivity (Wildman–Crippen MR) is 77.1 cm³/mol. The summed E-state index contributed by atoms with van der Waals surface area (Å²) < 4.78 is 0. The standard InChI is InChI=1S/C14H21BrN2/c1-14(2,3)12-4-5-13(16-9-12)17-7-6-11(8-15)10-17/h4-5,9,11H,6-8,10H2,1-3H3. The number of pyridine rings is 1. The van der Waals surface area contributed by atoms with Gasteiger partial charge in [-0.1, -0.05) is 42.8 Å². The minimum Gasteiger partial charge on any atom is -0.356 e. The minimum absolute atomic E-state index is 0.189. The predicted octanol–water partition coefficient (Wildman–Crippen LogP) is 3.60. The molecule has 3 heteroatoms. The van der Waals surface area contributed by atoms with Gasteiger partial charge in [-0.05, 0) is 29.4 Å². The van der Waals surface area contributed by atoms with Crippen molar-refractivity contribution in [2.75, 3.05) is 23.3 Å². The lowest BCUT2D eigenvalue weighted by molar-refractivity contribution is 0.587. The number of alkyl halides is 1. The molecule has 0 aliphatic carbocycles. The van der Waals surface area contributed by atoms with Gasteiger partial charge in [-0.3, -0.25) is 0 Å². The summed E-state index contributed by atoms with van der Waals surface area (Å²) in [6.07, 6.45) is 3.30. The molecule has 2 rings (SSSR count). The van der Waals surface area contributed by atoms with E-state index in [1.54, 1.807) is 0 Å². The monoisotopic (exact) mass is 296 g/mol. The molecule has 0 amide bonds. The van der Waals surface area contributed by atoms with Crippen molar-refractivity contribution in [2.24, 2.45) is 5.92 Å². The Morgan fingerprint density at radius 1 is 1.41 bits per heavy atom. The second-order valence-corrected chi connectivity index (χ2v) is 6.56. The van der Waals surface area contributed by atoms with Crippen molar-refractivity contribution in [3.05, 3.63) is 23.9 Å². The van der Waals surface area contributed by atoms with Gasteiger partial charge in [0.2, 0.25) is 0 Å². The third-order valence-electron chi connectivity index (χ3n) is 3.44. The number of hydrogen-bond acceptors (Lipinski definition) is 2. The minimum atomic E-state index is 0.189. The maximum absolute atomic E-state index is 4.61. The summed E-state index contributed by atoms with van der Waals surface area (Å²) in [5.74, 6) is 1.90. The molecule has 1 fully saturated rings. The van der Waals surface area contributed by atoms with Crippen LogP contribution in [0.4, 0.5) is 5.82 Å². The van der Waals surface area contributed by atoms with Crippen LogP contribution in [0.15, 0.2) is 18.3 Å². The second kappa shape index (κ2) is 4.97. The van der Waals surface area contributed by atoms with Crippen molar-refractivity contribution in [3.8, 4) is 0 Å². The van der Waals surface area contributed by atoms with Gasteiger partial charge in [-0.15, -0.1) is 0 Å². The molecule has 0 spiro atoms. The van der Waals surface area contributed by atoms with E-state index in [2.05, 4.69) is 58.7 Å². The molecule has 2 heterocycles. The van der Waals surface area contributed by atoms with Crippen molar-refractivity contribution in [1.29, 1.82) is 0 Å². The van der Waals surface area contributed by atoms with E-state index in [-0.39, 0.29) is 5.41 Å². The first-order valence-electron chi connectivity index (χ1n) is 6.28. The first-order valence-corrected chi connectivity index (χ1v) is 7.40. The van der Waals surface area contributed by atoms with Crippen molar-refractivity contribution in [3.63, 3.8) is 0 Å². The van der Waals surface area contributed by atoms with Gasteiger partial charge in [0.05, 0.1) is 0 Å². The van der Waals surface area contributed by atoms with Gasteiger partial charge in [-0.25, -0.2) is 4.98 Å². The molecule has 1 aromatic heterocycles. The van der Waals surface area contributed by atoms with Gasteiger partial charge in [0.1, 0.15) is 5.82 Å². The molecule has 0 radical (unpaired) electrons. The van der Waals surface area contributed by atoms with Crippen LogP contribution < -0.4 is 4.90 Å². The lowest BCUT2D eigenvalue weighted by Gasteiger charge is -2.21. The fourth-order valence-corrected chi connectivity index (χ4v) is 2.71. The highest BCUT2D eigenvalue weighted by molar-refractivity contribution is 9.09. The zero-order valence-electron chi connectivity index (χ0n) is 10.9. The Labute approximate surface area is 113 Å². The van der Waals surface area contributed by atoms with Crippen molar-refractivity contribution in [2.45, 2.75) is 32.6 Å². The first kappa shape index (κ1) is 12.9. The molecule has 0 saturated carbocycles. The van der Waals surface area contributed by atoms with Gasteiger partial charge in [0, 0.05) is 24.6 Å². The molecule has 1 unspecified atom stereocenters. The highest BCUT2D eigenvalue weighted by Crippen LogP contribution is 2.26. The molecular weight excluding hydrogens is 276 g/mol. The van der Waals surface area contributed by atoms with Gasteiger partial charge >= 0.3 is 0 Å². The van der Waals surface area contributed by atoms with Crippen LogP contribution in [-0.4, -0.2) is 23.4 Å². The van der Waals surface area contributed by atoms with Gasteiger partial charge < -0.3 is 4.90 Å². The van der Waals surface area contributed by atoms with E-state index in [0.717, 1.165) is 30.2 Å². The first-order chi connectivity index (χ1) is 8.00. The number of aromatic nitrogens is 1. The average Bonchev–Trinajstić information content (AvgIpc) is 2.76. The fraction of sp³-hybridized carbons (Fsp3) is 0.643. The highest BCUT2D eigenvalue weighted by Gasteiger charge is 2.23. The van der Waals surface area contributed by atoms with Crippen LogP contribution in [0.5, 0.6) is 0 Å². The largest absolute Gasteiger partial charge is 0.356 e. The SMILES string of the molecule is CC(C)(C)c1ccc(N2CCC(CBr)C2)nc1. The molecule has 1 aromatic rings. The van der Waals surface area contributed by atoms with Crippen molar-refractivity contribution < 1.29 is 0 Å². The van der Waals surface area contributed by atoms with Gasteiger partial charge in [0.25, 0.3) is 0 Å². The smallest absolute Gasteiger partial charge is 0.128 e. The molecule has 1 saturated heterocycles. The Morgan fingerprint density at radius 3 is 2.65 bits per heavy atom. The van der Waals surface area contributed by atoms with Crippen LogP contribution in [0.25, 0.3) is 0 Å². The van der Waals surface area contributed by atoms with E-state index in [1.807, 2.05) is 6.20 Å². The molecule has 94 valence electrons. The second-order valence-electron chi connectivity index (χ2n) is 5.91. The van der Waals surface area contributed by atoms with Crippen LogP contribution in [0.2, 0.25) is 0 Å². The lowest BCUT2D eigenvalue weighted by Crippen LogP contribution is -2.21. The molecule has 0 aromatic carbocycles. The summed E-state index contributed by atoms with van der Waals surface area (Å²) in [6, 6.07) is 4.38. The number of nitrogens with zero attached hydrogens (tertiary/aromatic N) is 2. The van der Waals surface area contributed by atoms with E-state index in [9.17, 15) is 0 Å². The molecular formula is C14H21BrN2. The number of rotatable bonds is 2. The molecule has 1 atom stereocenters. The van der Waals surface area contributed by atoms with E-state index in [0.29, 0.717) is 0 Å². The molecule has 2 nitrogen and oxygen atoms in total. The van der Waals surface area contributed by atoms with Crippen LogP contribution in [0.1, 0.15) is 32.8 Å². The van der Waals surface area contributed by atoms with Crippen LogP contribution in [-0.2, 0) is 5.41 Å². The summed E-state index contributed by atoms with van der Waals surface area (Å²) in [7, 11) is 0. The maximum atomic E-state index is 4.61. The Balaban J connectivity index is 2.09. The van der Waals surface area contributed by atoms with Crippen LogP contribution in [0, 0.1) is 5.92 Å². The van der Waals surface area contributed by atoms with Crippen LogP contribution >= 0.6 is 15.9 Å². The Hall–Kier alpha value is -0.570. The van der Waals surface area contributed by atoms with Crippen LogP contribution in [0.3, 0.4) is 0 Å². The van der Waals surface area contributed by atoms with E-state index < -0.39 is 0 Å². The third-order valence-corrected chi connectivity index (χ3v) is 4.36. The van der Waals surface area contributed by atoms with Crippen molar-refractivity contribution >= 4 is 21.7 Å². The highest BCUT2D eigenvalue weighted by atomic mass is 79.9. The molecule has 1 aliphatic heterocycles. The molecule has 0 N–H and O–H groups in total. The number of halogens is 1. The zero-order valence-corrected chi connectivity index (χ0v) is 12.5.